The van der Waals surface area contributed by atoms with Crippen LogP contribution in [0, 0.1) is 11.3 Å². The SMILES string of the molecule is O=C1CC[C@@]23CC(=O)O[C@@H]2CCCC3C1. The highest BCUT2D eigenvalue weighted by molar-refractivity contribution is 5.81. The van der Waals surface area contributed by atoms with Gasteiger partial charge in [0.25, 0.3) is 0 Å². The van der Waals surface area contributed by atoms with E-state index >= 15 is 0 Å². The molecule has 82 valence electrons. The molecule has 3 rings (SSSR count). The van der Waals surface area contributed by atoms with Crippen molar-refractivity contribution < 1.29 is 14.3 Å². The van der Waals surface area contributed by atoms with Crippen LogP contribution in [0.4, 0.5) is 0 Å². The van der Waals surface area contributed by atoms with Crippen molar-refractivity contribution in [3.05, 3.63) is 0 Å². The Hall–Kier alpha value is -0.860. The minimum absolute atomic E-state index is 0.0405. The van der Waals surface area contributed by atoms with E-state index in [2.05, 4.69) is 0 Å². The van der Waals surface area contributed by atoms with E-state index in [4.69, 9.17) is 4.74 Å². The average molecular weight is 208 g/mol. The molecule has 2 saturated carbocycles. The summed E-state index contributed by atoms with van der Waals surface area (Å²) in [5.41, 5.74) is 0.0449. The van der Waals surface area contributed by atoms with Gasteiger partial charge in [0.2, 0.25) is 0 Å². The largest absolute Gasteiger partial charge is 0.462 e. The van der Waals surface area contributed by atoms with Gasteiger partial charge in [-0.1, -0.05) is 0 Å². The Bertz CT molecular complexity index is 323. The third-order valence-corrected chi connectivity index (χ3v) is 4.56. The van der Waals surface area contributed by atoms with Gasteiger partial charge in [0.05, 0.1) is 6.42 Å². The fourth-order valence-electron chi connectivity index (χ4n) is 3.80. The summed E-state index contributed by atoms with van der Waals surface area (Å²) >= 11 is 0. The minimum Gasteiger partial charge on any atom is -0.462 e. The monoisotopic (exact) mass is 208 g/mol. The molecular weight excluding hydrogens is 192 g/mol. The van der Waals surface area contributed by atoms with Gasteiger partial charge < -0.3 is 4.74 Å². The van der Waals surface area contributed by atoms with Gasteiger partial charge in [-0.3, -0.25) is 9.59 Å². The first-order valence-corrected chi connectivity index (χ1v) is 5.92. The van der Waals surface area contributed by atoms with E-state index in [9.17, 15) is 9.59 Å². The quantitative estimate of drug-likeness (QED) is 0.570. The molecule has 1 unspecified atom stereocenters. The molecule has 0 aromatic carbocycles. The van der Waals surface area contributed by atoms with E-state index in [0.29, 0.717) is 31.0 Å². The van der Waals surface area contributed by atoms with Crippen molar-refractivity contribution in [1.82, 2.24) is 0 Å². The molecule has 3 atom stereocenters. The van der Waals surface area contributed by atoms with Crippen LogP contribution in [0.5, 0.6) is 0 Å². The van der Waals surface area contributed by atoms with Gasteiger partial charge in [-0.15, -0.1) is 0 Å². The average Bonchev–Trinajstić information content (AvgIpc) is 2.52. The predicted octanol–water partition coefficient (Wildman–Crippen LogP) is 1.84. The molecule has 0 aromatic heterocycles. The van der Waals surface area contributed by atoms with Crippen LogP contribution in [0.2, 0.25) is 0 Å². The summed E-state index contributed by atoms with van der Waals surface area (Å²) in [5, 5.41) is 0. The summed E-state index contributed by atoms with van der Waals surface area (Å²) in [4.78, 5) is 22.9. The van der Waals surface area contributed by atoms with Crippen molar-refractivity contribution >= 4 is 11.8 Å². The van der Waals surface area contributed by atoms with Crippen molar-refractivity contribution in [3.8, 4) is 0 Å². The normalized spacial score (nSPS) is 44.5. The molecule has 1 heterocycles. The van der Waals surface area contributed by atoms with E-state index in [-0.39, 0.29) is 17.5 Å². The lowest BCUT2D eigenvalue weighted by molar-refractivity contribution is -0.143. The number of Topliss-reactive ketones (excluding diaryl/α,β-unsaturated/α-hetero) is 1. The predicted molar refractivity (Wildman–Crippen MR) is 53.1 cm³/mol. The van der Waals surface area contributed by atoms with Gasteiger partial charge in [-0.05, 0) is 31.6 Å². The molecule has 0 radical (unpaired) electrons. The van der Waals surface area contributed by atoms with Crippen molar-refractivity contribution in [1.29, 1.82) is 0 Å². The standard InChI is InChI=1S/C12H16O3/c13-9-4-5-12-7-11(14)15-10(12)3-1-2-8(12)6-9/h8,10H,1-7H2/t8?,10-,12+/m1/s1. The third-order valence-electron chi connectivity index (χ3n) is 4.56. The first-order chi connectivity index (χ1) is 7.21. The maximum absolute atomic E-state index is 11.5. The third kappa shape index (κ3) is 1.25. The Morgan fingerprint density at radius 3 is 3.00 bits per heavy atom. The zero-order valence-corrected chi connectivity index (χ0v) is 8.83. The van der Waals surface area contributed by atoms with Crippen LogP contribution < -0.4 is 0 Å². The molecule has 2 aliphatic carbocycles. The van der Waals surface area contributed by atoms with Gasteiger partial charge in [-0.25, -0.2) is 0 Å². The smallest absolute Gasteiger partial charge is 0.306 e. The first kappa shape index (κ1) is 9.37. The second-order valence-corrected chi connectivity index (χ2v) is 5.26. The topological polar surface area (TPSA) is 43.4 Å². The molecule has 3 heteroatoms. The highest BCUT2D eigenvalue weighted by Crippen LogP contribution is 2.55. The van der Waals surface area contributed by atoms with Crippen LogP contribution in [0.25, 0.3) is 0 Å². The van der Waals surface area contributed by atoms with Gasteiger partial charge in [0.1, 0.15) is 11.9 Å². The van der Waals surface area contributed by atoms with Crippen LogP contribution in [0.1, 0.15) is 44.9 Å². The molecule has 0 bridgehead atoms. The lowest BCUT2D eigenvalue weighted by Gasteiger charge is -2.46. The van der Waals surface area contributed by atoms with E-state index < -0.39 is 0 Å². The second kappa shape index (κ2) is 3.06. The van der Waals surface area contributed by atoms with Crippen LogP contribution in [-0.2, 0) is 14.3 Å². The van der Waals surface area contributed by atoms with E-state index in [1.54, 1.807) is 0 Å². The number of carbonyl (C=O) groups excluding carboxylic acids is 2. The zero-order valence-electron chi connectivity index (χ0n) is 8.83. The van der Waals surface area contributed by atoms with E-state index in [1.807, 2.05) is 0 Å². The maximum atomic E-state index is 11.5. The molecule has 3 fully saturated rings. The van der Waals surface area contributed by atoms with Gasteiger partial charge in [-0.2, -0.15) is 0 Å². The van der Waals surface area contributed by atoms with Crippen molar-refractivity contribution in [2.75, 3.05) is 0 Å². The van der Waals surface area contributed by atoms with Crippen LogP contribution >= 0.6 is 0 Å². The molecule has 1 spiro atoms. The lowest BCUT2D eigenvalue weighted by Crippen LogP contribution is -2.45. The summed E-state index contributed by atoms with van der Waals surface area (Å²) < 4.78 is 5.41. The highest BCUT2D eigenvalue weighted by atomic mass is 16.6. The number of carbonyl (C=O) groups is 2. The summed E-state index contributed by atoms with van der Waals surface area (Å²) in [7, 11) is 0. The van der Waals surface area contributed by atoms with Gasteiger partial charge in [0, 0.05) is 18.3 Å². The first-order valence-electron chi connectivity index (χ1n) is 5.92. The number of hydrogen-bond acceptors (Lipinski definition) is 3. The molecule has 15 heavy (non-hydrogen) atoms. The highest BCUT2D eigenvalue weighted by Gasteiger charge is 2.56. The Balaban J connectivity index is 1.93. The molecule has 0 N–H and O–H groups in total. The number of hydrogen-bond donors (Lipinski definition) is 0. The Labute approximate surface area is 89.2 Å². The van der Waals surface area contributed by atoms with Crippen LogP contribution in [0.3, 0.4) is 0 Å². The Kier molecular flexibility index (Phi) is 1.91. The molecular formula is C12H16O3. The summed E-state index contributed by atoms with van der Waals surface area (Å²) in [6.45, 7) is 0. The molecule has 0 aromatic rings. The number of rotatable bonds is 0. The van der Waals surface area contributed by atoms with Crippen molar-refractivity contribution in [2.45, 2.75) is 51.0 Å². The number of esters is 1. The van der Waals surface area contributed by atoms with E-state index in [0.717, 1.165) is 25.7 Å². The molecule has 3 aliphatic rings. The minimum atomic E-state index is -0.0405. The second-order valence-electron chi connectivity index (χ2n) is 5.26. The van der Waals surface area contributed by atoms with Gasteiger partial charge >= 0.3 is 5.97 Å². The van der Waals surface area contributed by atoms with Crippen LogP contribution in [0.15, 0.2) is 0 Å². The Morgan fingerprint density at radius 1 is 1.27 bits per heavy atom. The lowest BCUT2D eigenvalue weighted by atomic mass is 9.57. The Morgan fingerprint density at radius 2 is 2.13 bits per heavy atom. The number of ketones is 1. The fourth-order valence-corrected chi connectivity index (χ4v) is 3.80. The molecule has 3 nitrogen and oxygen atoms in total. The maximum Gasteiger partial charge on any atom is 0.306 e. The fraction of sp³-hybridized carbons (Fsp3) is 0.833. The summed E-state index contributed by atoms with van der Waals surface area (Å²) in [6.07, 6.45) is 6.14. The molecule has 1 aliphatic heterocycles. The molecule has 0 amide bonds. The van der Waals surface area contributed by atoms with Gasteiger partial charge in [0.15, 0.2) is 0 Å². The molecule has 1 saturated heterocycles. The number of ether oxygens (including phenoxy) is 1. The zero-order chi connectivity index (χ0) is 10.5. The van der Waals surface area contributed by atoms with Crippen LogP contribution in [-0.4, -0.2) is 17.9 Å². The van der Waals surface area contributed by atoms with Crippen molar-refractivity contribution in [2.24, 2.45) is 11.3 Å². The summed E-state index contributed by atoms with van der Waals surface area (Å²) in [6, 6.07) is 0. The van der Waals surface area contributed by atoms with E-state index in [1.165, 1.54) is 0 Å². The summed E-state index contributed by atoms with van der Waals surface area (Å²) in [5.74, 6) is 0.760. The van der Waals surface area contributed by atoms with Crippen molar-refractivity contribution in [3.63, 3.8) is 0 Å².